The number of likely N-dealkylation sites (tertiary alicyclic amines) is 1. The van der Waals surface area contributed by atoms with Crippen LogP contribution >= 0.6 is 0 Å². The maximum absolute atomic E-state index is 12.5. The minimum absolute atomic E-state index is 0.0256. The first-order valence-electron chi connectivity index (χ1n) is 13.4. The number of piperidine rings is 1. The van der Waals surface area contributed by atoms with Crippen molar-refractivity contribution in [1.29, 1.82) is 0 Å². The van der Waals surface area contributed by atoms with Crippen molar-refractivity contribution in [1.82, 2.24) is 9.88 Å². The maximum Gasteiger partial charge on any atom is 0.410 e. The maximum atomic E-state index is 12.5. The van der Waals surface area contributed by atoms with E-state index in [-0.39, 0.29) is 17.8 Å². The van der Waals surface area contributed by atoms with E-state index >= 15 is 0 Å². The second-order valence-corrected chi connectivity index (χ2v) is 13.2. The first kappa shape index (κ1) is 27.7. The Morgan fingerprint density at radius 2 is 1.92 bits per heavy atom. The van der Waals surface area contributed by atoms with Crippen molar-refractivity contribution in [2.75, 3.05) is 18.8 Å². The molecular weight excluding hydrogens is 533 g/mol. The van der Waals surface area contributed by atoms with Crippen LogP contribution < -0.4 is 4.74 Å². The van der Waals surface area contributed by atoms with Crippen molar-refractivity contribution in [3.63, 3.8) is 0 Å². The summed E-state index contributed by atoms with van der Waals surface area (Å²) in [5, 5.41) is 0. The number of benzene rings is 1. The van der Waals surface area contributed by atoms with Crippen molar-refractivity contribution < 1.29 is 35.9 Å². The standard InChI is InChI=1S/C28H33F3N2O5S/c1-19(21-3-4-21)37-26(34)33-13-10-27(11-14-33)9-8-23-16-22(5-7-25(23)38-27)24-6-2-20(17-32-24)18-39(35,36)15-12-28(29,30)31/h2,5-7,16-17,19,21H,3-4,8-15,18H2,1H3. The zero-order valence-electron chi connectivity index (χ0n) is 21.9. The summed E-state index contributed by atoms with van der Waals surface area (Å²) in [6.07, 6.45) is 0.689. The number of aromatic nitrogens is 1. The summed E-state index contributed by atoms with van der Waals surface area (Å²) in [5.74, 6) is -0.0953. The Morgan fingerprint density at radius 3 is 2.56 bits per heavy atom. The van der Waals surface area contributed by atoms with Crippen LogP contribution in [-0.4, -0.2) is 61.1 Å². The first-order chi connectivity index (χ1) is 18.4. The molecule has 3 aliphatic rings. The number of aryl methyl sites for hydroxylation is 1. The van der Waals surface area contributed by atoms with Crippen LogP contribution in [0.1, 0.15) is 56.6 Å². The van der Waals surface area contributed by atoms with Crippen LogP contribution in [0.5, 0.6) is 5.75 Å². The molecule has 0 N–H and O–H groups in total. The van der Waals surface area contributed by atoms with Gasteiger partial charge in [0.05, 0.1) is 23.6 Å². The number of carbonyl (C=O) groups excluding carboxylic acids is 1. The van der Waals surface area contributed by atoms with Crippen molar-refractivity contribution in [3.05, 3.63) is 47.7 Å². The van der Waals surface area contributed by atoms with E-state index in [1.54, 1.807) is 17.0 Å². The molecule has 39 heavy (non-hydrogen) atoms. The number of hydrogen-bond donors (Lipinski definition) is 0. The topological polar surface area (TPSA) is 85.8 Å². The van der Waals surface area contributed by atoms with E-state index in [9.17, 15) is 26.4 Å². The molecule has 1 aliphatic carbocycles. The molecule has 1 atom stereocenters. The van der Waals surface area contributed by atoms with Crippen LogP contribution in [0.2, 0.25) is 0 Å². The average Bonchev–Trinajstić information content (AvgIpc) is 3.74. The second kappa shape index (κ2) is 10.6. The number of carbonyl (C=O) groups is 1. The fraction of sp³-hybridized carbons (Fsp3) is 0.571. The average molecular weight is 567 g/mol. The molecule has 0 radical (unpaired) electrons. The summed E-state index contributed by atoms with van der Waals surface area (Å²) >= 11 is 0. The van der Waals surface area contributed by atoms with Gasteiger partial charge < -0.3 is 14.4 Å². The highest BCUT2D eigenvalue weighted by molar-refractivity contribution is 7.90. The molecule has 212 valence electrons. The zero-order chi connectivity index (χ0) is 27.8. The van der Waals surface area contributed by atoms with Crippen LogP contribution in [0.4, 0.5) is 18.0 Å². The summed E-state index contributed by atoms with van der Waals surface area (Å²) in [5.41, 5.74) is 2.59. The number of sulfone groups is 1. The summed E-state index contributed by atoms with van der Waals surface area (Å²) in [7, 11) is -3.89. The lowest BCUT2D eigenvalue weighted by molar-refractivity contribution is -0.129. The van der Waals surface area contributed by atoms with E-state index in [0.29, 0.717) is 30.3 Å². The van der Waals surface area contributed by atoms with Gasteiger partial charge in [-0.05, 0) is 73.9 Å². The van der Waals surface area contributed by atoms with Crippen molar-refractivity contribution >= 4 is 15.9 Å². The number of alkyl halides is 3. The fourth-order valence-corrected chi connectivity index (χ4v) is 6.67. The van der Waals surface area contributed by atoms with Gasteiger partial charge in [0.2, 0.25) is 0 Å². The molecule has 1 aromatic heterocycles. The van der Waals surface area contributed by atoms with Gasteiger partial charge in [-0.15, -0.1) is 0 Å². The lowest BCUT2D eigenvalue weighted by atomic mass is 9.83. The van der Waals surface area contributed by atoms with E-state index in [0.717, 1.165) is 55.4 Å². The van der Waals surface area contributed by atoms with E-state index < -0.39 is 33.9 Å². The van der Waals surface area contributed by atoms with Crippen molar-refractivity contribution in [2.24, 2.45) is 5.92 Å². The monoisotopic (exact) mass is 566 g/mol. The minimum Gasteiger partial charge on any atom is -0.487 e. The number of amides is 1. The number of nitrogens with zero attached hydrogens (tertiary/aromatic N) is 2. The normalized spacial score (nSPS) is 19.7. The Hall–Kier alpha value is -2.82. The van der Waals surface area contributed by atoms with Crippen LogP contribution in [0, 0.1) is 5.92 Å². The van der Waals surface area contributed by atoms with Gasteiger partial charge in [0, 0.05) is 37.7 Å². The summed E-state index contributed by atoms with van der Waals surface area (Å²) in [6, 6.07) is 9.09. The number of pyridine rings is 1. The predicted octanol–water partition coefficient (Wildman–Crippen LogP) is 5.71. The van der Waals surface area contributed by atoms with E-state index in [2.05, 4.69) is 4.98 Å². The Kier molecular flexibility index (Phi) is 7.56. The molecule has 1 saturated heterocycles. The SMILES string of the molecule is CC(OC(=O)N1CCC2(CCc3cc(-c4ccc(CS(=O)(=O)CCC(F)(F)F)cn4)ccc3O2)CC1)C1CC1. The molecule has 2 fully saturated rings. The highest BCUT2D eigenvalue weighted by atomic mass is 32.2. The highest BCUT2D eigenvalue weighted by Gasteiger charge is 2.41. The lowest BCUT2D eigenvalue weighted by Gasteiger charge is -2.44. The summed E-state index contributed by atoms with van der Waals surface area (Å²) in [6.45, 7) is 3.17. The van der Waals surface area contributed by atoms with Gasteiger partial charge in [0.15, 0.2) is 9.84 Å². The van der Waals surface area contributed by atoms with Crippen LogP contribution in [0.3, 0.4) is 0 Å². The molecule has 11 heteroatoms. The smallest absolute Gasteiger partial charge is 0.410 e. The van der Waals surface area contributed by atoms with Crippen molar-refractivity contribution in [2.45, 2.75) is 75.5 Å². The van der Waals surface area contributed by atoms with Gasteiger partial charge in [-0.1, -0.05) is 6.07 Å². The summed E-state index contributed by atoms with van der Waals surface area (Å²) in [4.78, 5) is 18.7. The Bertz CT molecular complexity index is 1300. The van der Waals surface area contributed by atoms with Crippen molar-refractivity contribution in [3.8, 4) is 17.0 Å². The third kappa shape index (κ3) is 7.04. The molecule has 1 saturated carbocycles. The fourth-order valence-electron chi connectivity index (χ4n) is 5.30. The number of halogens is 3. The van der Waals surface area contributed by atoms with E-state index in [1.165, 1.54) is 6.20 Å². The molecule has 3 heterocycles. The molecule has 2 aromatic rings. The molecule has 1 unspecified atom stereocenters. The van der Waals surface area contributed by atoms with Gasteiger partial charge in [-0.25, -0.2) is 13.2 Å². The molecule has 0 bridgehead atoms. The van der Waals surface area contributed by atoms with Gasteiger partial charge in [-0.2, -0.15) is 13.2 Å². The Balaban J connectivity index is 1.17. The highest BCUT2D eigenvalue weighted by Crippen LogP contribution is 2.41. The molecular formula is C28H33F3N2O5S. The third-order valence-corrected chi connectivity index (χ3v) is 9.55. The Morgan fingerprint density at radius 1 is 1.18 bits per heavy atom. The second-order valence-electron chi connectivity index (χ2n) is 11.0. The number of ether oxygens (including phenoxy) is 2. The Labute approximate surface area is 226 Å². The molecule has 7 nitrogen and oxygen atoms in total. The minimum atomic E-state index is -4.51. The third-order valence-electron chi connectivity index (χ3n) is 7.95. The van der Waals surface area contributed by atoms with Gasteiger partial charge >= 0.3 is 12.3 Å². The largest absolute Gasteiger partial charge is 0.487 e. The van der Waals surface area contributed by atoms with E-state index in [1.807, 2.05) is 25.1 Å². The number of rotatable bonds is 7. The first-order valence-corrected chi connectivity index (χ1v) is 15.2. The number of hydrogen-bond acceptors (Lipinski definition) is 6. The van der Waals surface area contributed by atoms with Gasteiger partial charge in [0.1, 0.15) is 17.5 Å². The van der Waals surface area contributed by atoms with Crippen LogP contribution in [0.25, 0.3) is 11.3 Å². The van der Waals surface area contributed by atoms with Gasteiger partial charge in [-0.3, -0.25) is 4.98 Å². The van der Waals surface area contributed by atoms with Crippen LogP contribution in [0.15, 0.2) is 36.5 Å². The molecule has 1 amide bonds. The van der Waals surface area contributed by atoms with E-state index in [4.69, 9.17) is 9.47 Å². The quantitative estimate of drug-likeness (QED) is 0.427. The zero-order valence-corrected chi connectivity index (χ0v) is 22.7. The number of fused-ring (bicyclic) bond motifs is 1. The van der Waals surface area contributed by atoms with Gasteiger partial charge in [0.25, 0.3) is 0 Å². The molecule has 1 spiro atoms. The van der Waals surface area contributed by atoms with Crippen LogP contribution in [-0.2, 0) is 26.7 Å². The predicted molar refractivity (Wildman–Crippen MR) is 139 cm³/mol. The molecule has 2 aliphatic heterocycles. The molecule has 5 rings (SSSR count). The molecule has 1 aromatic carbocycles. The summed E-state index contributed by atoms with van der Waals surface area (Å²) < 4.78 is 73.4. The lowest BCUT2D eigenvalue weighted by Crippen LogP contribution is -2.51.